The summed E-state index contributed by atoms with van der Waals surface area (Å²) in [5, 5.41) is 3.79. The van der Waals surface area contributed by atoms with E-state index in [1.807, 2.05) is 35.0 Å². The molecule has 0 bridgehead atoms. The van der Waals surface area contributed by atoms with Gasteiger partial charge in [0.05, 0.1) is 25.2 Å². The Kier molecular flexibility index (Phi) is 6.23. The number of hydrazine groups is 1. The van der Waals surface area contributed by atoms with Crippen LogP contribution in [-0.4, -0.2) is 27.0 Å². The van der Waals surface area contributed by atoms with E-state index >= 15 is 0 Å². The number of hydrogen-bond acceptors (Lipinski definition) is 6. The van der Waals surface area contributed by atoms with E-state index in [1.54, 1.807) is 18.6 Å². The Bertz CT molecular complexity index is 949. The topological polar surface area (TPSA) is 116 Å². The van der Waals surface area contributed by atoms with Crippen LogP contribution in [-0.2, 0) is 6.54 Å². The highest BCUT2D eigenvalue weighted by Crippen LogP contribution is 2.21. The summed E-state index contributed by atoms with van der Waals surface area (Å²) in [6.07, 6.45) is 5.39. The average molecular weight is 379 g/mol. The fraction of sp³-hybridized carbons (Fsp3) is 0.250. The van der Waals surface area contributed by atoms with E-state index in [2.05, 4.69) is 40.5 Å². The number of amidine groups is 1. The van der Waals surface area contributed by atoms with Crippen molar-refractivity contribution in [1.82, 2.24) is 20.1 Å². The van der Waals surface area contributed by atoms with Crippen molar-refractivity contribution >= 4 is 5.84 Å². The molecule has 0 atom stereocenters. The normalized spacial score (nSPS) is 11.6. The third kappa shape index (κ3) is 4.86. The highest BCUT2D eigenvalue weighted by Gasteiger charge is 2.09. The molecule has 0 fully saturated rings. The van der Waals surface area contributed by atoms with Crippen LogP contribution in [0.3, 0.4) is 0 Å². The monoisotopic (exact) mass is 379 g/mol. The maximum absolute atomic E-state index is 5.94. The molecule has 0 saturated carbocycles. The molecule has 3 rings (SSSR count). The Labute approximate surface area is 164 Å². The molecule has 146 valence electrons. The van der Waals surface area contributed by atoms with Gasteiger partial charge < -0.3 is 15.0 Å². The first-order valence-corrected chi connectivity index (χ1v) is 9.05. The van der Waals surface area contributed by atoms with Crippen molar-refractivity contribution in [3.63, 3.8) is 0 Å². The van der Waals surface area contributed by atoms with Gasteiger partial charge in [-0.05, 0) is 24.1 Å². The summed E-state index contributed by atoms with van der Waals surface area (Å²) < 4.78 is 7.94. The van der Waals surface area contributed by atoms with Gasteiger partial charge >= 0.3 is 0 Å². The maximum atomic E-state index is 5.94. The second-order valence-electron chi connectivity index (χ2n) is 6.80. The van der Waals surface area contributed by atoms with Gasteiger partial charge in [0.2, 0.25) is 0 Å². The molecule has 8 nitrogen and oxygen atoms in total. The average Bonchev–Trinajstić information content (AvgIpc) is 3.16. The van der Waals surface area contributed by atoms with Gasteiger partial charge in [-0.15, -0.1) is 5.10 Å². The Morgan fingerprint density at radius 3 is 2.82 bits per heavy atom. The zero-order valence-corrected chi connectivity index (χ0v) is 16.0. The molecule has 0 aliphatic heterocycles. The number of hydrogen-bond donors (Lipinski definition) is 3. The van der Waals surface area contributed by atoms with Gasteiger partial charge in [0.15, 0.2) is 5.84 Å². The van der Waals surface area contributed by atoms with Crippen LogP contribution in [0.1, 0.15) is 25.0 Å². The Morgan fingerprint density at radius 1 is 1.21 bits per heavy atom. The summed E-state index contributed by atoms with van der Waals surface area (Å²) in [4.78, 5) is 8.85. The second kappa shape index (κ2) is 9.01. The molecule has 8 heteroatoms. The minimum absolute atomic E-state index is 0.279. The SMILES string of the molecule is CC(C)COc1ccccc1Cn1cnc(-c2cc(/C(N)=N/NN)ccn2)c1. The van der Waals surface area contributed by atoms with Gasteiger partial charge in [-0.25, -0.2) is 16.4 Å². The van der Waals surface area contributed by atoms with E-state index in [0.29, 0.717) is 30.3 Å². The van der Waals surface area contributed by atoms with Crippen molar-refractivity contribution in [3.05, 3.63) is 66.2 Å². The van der Waals surface area contributed by atoms with Crippen LogP contribution in [0.5, 0.6) is 5.75 Å². The quantitative estimate of drug-likeness (QED) is 0.239. The van der Waals surface area contributed by atoms with Gasteiger partial charge in [-0.3, -0.25) is 4.98 Å². The predicted octanol–water partition coefficient (Wildman–Crippen LogP) is 2.11. The number of rotatable bonds is 8. The second-order valence-corrected chi connectivity index (χ2v) is 6.80. The Morgan fingerprint density at radius 2 is 2.04 bits per heavy atom. The number of pyridine rings is 1. The molecule has 3 aromatic rings. The fourth-order valence-corrected chi connectivity index (χ4v) is 2.67. The minimum Gasteiger partial charge on any atom is -0.493 e. The summed E-state index contributed by atoms with van der Waals surface area (Å²) in [6, 6.07) is 11.6. The first-order valence-electron chi connectivity index (χ1n) is 9.05. The van der Waals surface area contributed by atoms with Gasteiger partial charge in [0.1, 0.15) is 11.4 Å². The molecule has 0 radical (unpaired) electrons. The highest BCUT2D eigenvalue weighted by atomic mass is 16.5. The third-order valence-electron chi connectivity index (χ3n) is 4.03. The number of ether oxygens (including phenoxy) is 1. The minimum atomic E-state index is 0.279. The molecule has 2 aromatic heterocycles. The summed E-state index contributed by atoms with van der Waals surface area (Å²) in [5.41, 5.74) is 11.3. The van der Waals surface area contributed by atoms with Crippen LogP contribution in [0, 0.1) is 5.92 Å². The molecule has 0 aliphatic carbocycles. The van der Waals surface area contributed by atoms with Crippen molar-refractivity contribution in [2.24, 2.45) is 22.6 Å². The molecule has 0 unspecified atom stereocenters. The van der Waals surface area contributed by atoms with E-state index in [-0.39, 0.29) is 5.84 Å². The molecule has 0 spiro atoms. The molecule has 0 saturated heterocycles. The lowest BCUT2D eigenvalue weighted by atomic mass is 10.2. The smallest absolute Gasteiger partial charge is 0.152 e. The van der Waals surface area contributed by atoms with Crippen molar-refractivity contribution in [3.8, 4) is 17.1 Å². The van der Waals surface area contributed by atoms with Crippen LogP contribution in [0.25, 0.3) is 11.4 Å². The summed E-state index contributed by atoms with van der Waals surface area (Å²) in [5.74, 6) is 6.83. The van der Waals surface area contributed by atoms with Crippen molar-refractivity contribution < 1.29 is 4.74 Å². The van der Waals surface area contributed by atoms with Crippen LogP contribution in [0.15, 0.2) is 60.2 Å². The van der Waals surface area contributed by atoms with Crippen LogP contribution in [0.2, 0.25) is 0 Å². The van der Waals surface area contributed by atoms with Crippen LogP contribution >= 0.6 is 0 Å². The number of hydrazone groups is 1. The summed E-state index contributed by atoms with van der Waals surface area (Å²) in [6.45, 7) is 5.60. The lowest BCUT2D eigenvalue weighted by molar-refractivity contribution is 0.268. The van der Waals surface area contributed by atoms with Crippen molar-refractivity contribution in [2.75, 3.05) is 6.61 Å². The number of nitrogens with one attached hydrogen (secondary N) is 1. The molecular formula is C20H25N7O. The van der Waals surface area contributed by atoms with Crippen LogP contribution in [0.4, 0.5) is 0 Å². The van der Waals surface area contributed by atoms with Gasteiger partial charge in [-0.2, -0.15) is 0 Å². The van der Waals surface area contributed by atoms with E-state index < -0.39 is 0 Å². The van der Waals surface area contributed by atoms with Crippen molar-refractivity contribution in [1.29, 1.82) is 0 Å². The molecule has 1 aromatic carbocycles. The summed E-state index contributed by atoms with van der Waals surface area (Å²) in [7, 11) is 0. The first kappa shape index (κ1) is 19.4. The zero-order chi connectivity index (χ0) is 19.9. The fourth-order valence-electron chi connectivity index (χ4n) is 2.67. The number of benzene rings is 1. The highest BCUT2D eigenvalue weighted by molar-refractivity contribution is 5.97. The van der Waals surface area contributed by atoms with E-state index in [4.69, 9.17) is 16.3 Å². The molecule has 0 amide bonds. The standard InChI is InChI=1S/C20H25N7O/c1-14(2)12-28-19-6-4-3-5-16(19)10-27-11-18(24-13-27)17-9-15(7-8-23-17)20(21)25-26-22/h3-9,11,13-14,26H,10,12,22H2,1-2H3,(H2,21,25). The van der Waals surface area contributed by atoms with E-state index in [9.17, 15) is 0 Å². The number of nitrogens with zero attached hydrogens (tertiary/aromatic N) is 4. The number of para-hydroxylation sites is 1. The predicted molar refractivity (Wildman–Crippen MR) is 109 cm³/mol. The molecule has 0 aliphatic rings. The van der Waals surface area contributed by atoms with Gasteiger partial charge in [0, 0.05) is 23.5 Å². The number of nitrogens with two attached hydrogens (primary N) is 2. The van der Waals surface area contributed by atoms with Gasteiger partial charge in [0.25, 0.3) is 0 Å². The Hall–Kier alpha value is -3.39. The molecular weight excluding hydrogens is 354 g/mol. The first-order chi connectivity index (χ1) is 13.6. The number of aromatic nitrogens is 3. The largest absolute Gasteiger partial charge is 0.493 e. The molecule has 5 N–H and O–H groups in total. The van der Waals surface area contributed by atoms with Crippen LogP contribution < -0.4 is 21.8 Å². The zero-order valence-electron chi connectivity index (χ0n) is 16.0. The molecule has 28 heavy (non-hydrogen) atoms. The lowest BCUT2D eigenvalue weighted by Crippen LogP contribution is -2.23. The van der Waals surface area contributed by atoms with Gasteiger partial charge in [-0.1, -0.05) is 32.0 Å². The van der Waals surface area contributed by atoms with E-state index in [0.717, 1.165) is 17.0 Å². The number of imidazole rings is 1. The maximum Gasteiger partial charge on any atom is 0.152 e. The Balaban J connectivity index is 1.79. The van der Waals surface area contributed by atoms with E-state index in [1.165, 1.54) is 0 Å². The molecule has 2 heterocycles. The van der Waals surface area contributed by atoms with Crippen molar-refractivity contribution in [2.45, 2.75) is 20.4 Å². The lowest BCUT2D eigenvalue weighted by Gasteiger charge is -2.13. The third-order valence-corrected chi connectivity index (χ3v) is 4.03. The summed E-state index contributed by atoms with van der Waals surface area (Å²) >= 11 is 0.